The van der Waals surface area contributed by atoms with E-state index in [4.69, 9.17) is 9.82 Å². The number of fused-ring (bicyclic) bond motifs is 5. The molecular formula is C23H25BrN6OS. The number of halogens is 1. The van der Waals surface area contributed by atoms with E-state index in [9.17, 15) is 0 Å². The van der Waals surface area contributed by atoms with Crippen molar-refractivity contribution in [2.75, 3.05) is 0 Å². The zero-order valence-corrected chi connectivity index (χ0v) is 21.1. The lowest BCUT2D eigenvalue weighted by Gasteiger charge is -2.42. The van der Waals surface area contributed by atoms with Crippen LogP contribution in [0.2, 0.25) is 0 Å². The van der Waals surface area contributed by atoms with Gasteiger partial charge in [0.15, 0.2) is 18.1 Å². The summed E-state index contributed by atoms with van der Waals surface area (Å²) in [6, 6.07) is 7.95. The van der Waals surface area contributed by atoms with Crippen molar-refractivity contribution in [3.05, 3.63) is 56.9 Å². The van der Waals surface area contributed by atoms with Crippen LogP contribution in [0.15, 0.2) is 40.2 Å². The van der Waals surface area contributed by atoms with Crippen LogP contribution in [0, 0.1) is 0 Å². The average molecular weight is 513 g/mol. The summed E-state index contributed by atoms with van der Waals surface area (Å²) < 4.78 is 2.78. The second-order valence-electron chi connectivity index (χ2n) is 9.40. The third-order valence-corrected chi connectivity index (χ3v) is 7.66. The fourth-order valence-corrected chi connectivity index (χ4v) is 6.03. The van der Waals surface area contributed by atoms with Crippen LogP contribution in [0.4, 0.5) is 0 Å². The van der Waals surface area contributed by atoms with E-state index in [0.29, 0.717) is 5.82 Å². The van der Waals surface area contributed by atoms with E-state index in [1.54, 1.807) is 22.2 Å². The van der Waals surface area contributed by atoms with Crippen molar-refractivity contribution >= 4 is 48.8 Å². The predicted molar refractivity (Wildman–Crippen MR) is 131 cm³/mol. The molecule has 4 aromatic rings. The molecule has 166 valence electrons. The minimum absolute atomic E-state index is 0.0113. The van der Waals surface area contributed by atoms with Crippen LogP contribution in [0.1, 0.15) is 56.4 Å². The summed E-state index contributed by atoms with van der Waals surface area (Å²) in [7, 11) is 0. The summed E-state index contributed by atoms with van der Waals surface area (Å²) in [5, 5.41) is 13.7. The second kappa shape index (κ2) is 7.60. The van der Waals surface area contributed by atoms with E-state index in [0.717, 1.165) is 38.0 Å². The summed E-state index contributed by atoms with van der Waals surface area (Å²) in [6.45, 7) is 11.1. The van der Waals surface area contributed by atoms with Crippen molar-refractivity contribution in [2.24, 2.45) is 5.16 Å². The van der Waals surface area contributed by atoms with E-state index in [-0.39, 0.29) is 17.7 Å². The van der Waals surface area contributed by atoms with E-state index in [2.05, 4.69) is 64.2 Å². The van der Waals surface area contributed by atoms with Gasteiger partial charge in [-0.3, -0.25) is 0 Å². The molecule has 1 aliphatic rings. The van der Waals surface area contributed by atoms with Crippen LogP contribution >= 0.6 is 27.3 Å². The molecule has 32 heavy (non-hydrogen) atoms. The molecule has 5 rings (SSSR count). The van der Waals surface area contributed by atoms with Gasteiger partial charge >= 0.3 is 0 Å². The van der Waals surface area contributed by atoms with Crippen molar-refractivity contribution < 1.29 is 4.84 Å². The highest BCUT2D eigenvalue weighted by Crippen LogP contribution is 2.44. The molecule has 1 aliphatic heterocycles. The molecule has 4 heterocycles. The Morgan fingerprint density at radius 1 is 1.25 bits per heavy atom. The fraction of sp³-hybridized carbons (Fsp3) is 0.391. The number of hydrogen-bond donors (Lipinski definition) is 1. The number of nitrogens with zero attached hydrogens (tertiary/aromatic N) is 5. The van der Waals surface area contributed by atoms with Gasteiger partial charge in [0.05, 0.1) is 11.1 Å². The highest BCUT2D eigenvalue weighted by molar-refractivity contribution is 9.10. The number of aromatic nitrogens is 4. The number of benzene rings is 1. The Hall–Kier alpha value is -2.36. The maximum Gasteiger partial charge on any atom is 0.192 e. The van der Waals surface area contributed by atoms with Gasteiger partial charge in [0.2, 0.25) is 0 Å². The first kappa shape index (κ1) is 21.5. The summed E-state index contributed by atoms with van der Waals surface area (Å²) in [4.78, 5) is 17.4. The van der Waals surface area contributed by atoms with Crippen LogP contribution in [0.25, 0.3) is 15.9 Å². The SMILES string of the molecule is C/C(=N/OCc1nc2c3c4c(sc3ncn2n1)C(C)(C)NC(C)(C)C4)c1ccc(Br)cc1. The largest absolute Gasteiger partial charge is 0.387 e. The molecule has 0 saturated heterocycles. The van der Waals surface area contributed by atoms with Crippen LogP contribution in [-0.2, 0) is 23.4 Å². The van der Waals surface area contributed by atoms with Gasteiger partial charge in [0, 0.05) is 20.4 Å². The molecule has 0 saturated carbocycles. The first-order chi connectivity index (χ1) is 15.1. The smallest absolute Gasteiger partial charge is 0.192 e. The molecular weight excluding hydrogens is 488 g/mol. The Morgan fingerprint density at radius 3 is 2.75 bits per heavy atom. The monoisotopic (exact) mass is 512 g/mol. The fourth-order valence-electron chi connectivity index (χ4n) is 4.55. The lowest BCUT2D eigenvalue weighted by molar-refractivity contribution is 0.125. The Kier molecular flexibility index (Phi) is 5.11. The highest BCUT2D eigenvalue weighted by Gasteiger charge is 2.39. The van der Waals surface area contributed by atoms with Gasteiger partial charge in [-0.15, -0.1) is 16.4 Å². The predicted octanol–water partition coefficient (Wildman–Crippen LogP) is 5.20. The number of hydrogen-bond acceptors (Lipinski definition) is 7. The Morgan fingerprint density at radius 2 is 2.00 bits per heavy atom. The van der Waals surface area contributed by atoms with Gasteiger partial charge < -0.3 is 10.2 Å². The maximum atomic E-state index is 5.58. The molecule has 0 radical (unpaired) electrons. The van der Waals surface area contributed by atoms with Crippen molar-refractivity contribution in [1.82, 2.24) is 24.9 Å². The number of rotatable bonds is 4. The maximum absolute atomic E-state index is 5.58. The third kappa shape index (κ3) is 3.82. The number of oxime groups is 1. The van der Waals surface area contributed by atoms with E-state index in [1.807, 2.05) is 31.2 Å². The van der Waals surface area contributed by atoms with Gasteiger partial charge in [-0.25, -0.2) is 14.5 Å². The van der Waals surface area contributed by atoms with E-state index < -0.39 is 0 Å². The van der Waals surface area contributed by atoms with E-state index in [1.165, 1.54) is 10.4 Å². The highest BCUT2D eigenvalue weighted by atomic mass is 79.9. The zero-order valence-electron chi connectivity index (χ0n) is 18.7. The summed E-state index contributed by atoms with van der Waals surface area (Å²) in [5.41, 5.74) is 3.82. The van der Waals surface area contributed by atoms with Gasteiger partial charge in [0.1, 0.15) is 11.2 Å². The van der Waals surface area contributed by atoms with Gasteiger partial charge in [0.25, 0.3) is 0 Å². The van der Waals surface area contributed by atoms with E-state index >= 15 is 0 Å². The molecule has 0 unspecified atom stereocenters. The van der Waals surface area contributed by atoms with Gasteiger partial charge in [-0.2, -0.15) is 0 Å². The molecule has 0 spiro atoms. The Balaban J connectivity index is 1.47. The molecule has 1 aromatic carbocycles. The molecule has 0 fully saturated rings. The lowest BCUT2D eigenvalue weighted by Crippen LogP contribution is -2.54. The topological polar surface area (TPSA) is 76.7 Å². The number of thiophene rings is 1. The van der Waals surface area contributed by atoms with Crippen LogP contribution in [-0.4, -0.2) is 30.8 Å². The average Bonchev–Trinajstić information content (AvgIpc) is 3.28. The molecule has 0 amide bonds. The molecule has 3 aromatic heterocycles. The molecule has 0 atom stereocenters. The minimum Gasteiger partial charge on any atom is -0.387 e. The first-order valence-corrected chi connectivity index (χ1v) is 12.1. The first-order valence-electron chi connectivity index (χ1n) is 10.5. The Labute approximate surface area is 199 Å². The molecule has 0 aliphatic carbocycles. The third-order valence-electron chi connectivity index (χ3n) is 5.67. The van der Waals surface area contributed by atoms with Crippen molar-refractivity contribution in [3.8, 4) is 0 Å². The van der Waals surface area contributed by atoms with Crippen LogP contribution in [0.3, 0.4) is 0 Å². The molecule has 7 nitrogen and oxygen atoms in total. The Bertz CT molecular complexity index is 1350. The summed E-state index contributed by atoms with van der Waals surface area (Å²) in [6.07, 6.45) is 2.65. The van der Waals surface area contributed by atoms with Gasteiger partial charge in [-0.05, 0) is 64.3 Å². The molecule has 1 N–H and O–H groups in total. The summed E-state index contributed by atoms with van der Waals surface area (Å²) >= 11 is 5.19. The van der Waals surface area contributed by atoms with Crippen molar-refractivity contribution in [2.45, 2.75) is 58.7 Å². The number of nitrogens with one attached hydrogen (secondary N) is 1. The second-order valence-corrected chi connectivity index (χ2v) is 11.3. The quantitative estimate of drug-likeness (QED) is 0.300. The standard InChI is InChI=1S/C23H25BrN6OS/c1-13(14-6-8-15(24)9-7-14)28-31-11-17-26-20-18-16-10-22(2,3)29-23(4,5)19(16)32-21(18)25-12-30(20)27-17/h6-9,12,29H,10-11H2,1-5H3/b28-13-. The van der Waals surface area contributed by atoms with Crippen molar-refractivity contribution in [3.63, 3.8) is 0 Å². The van der Waals surface area contributed by atoms with Crippen LogP contribution in [0.5, 0.6) is 0 Å². The van der Waals surface area contributed by atoms with Crippen LogP contribution < -0.4 is 5.32 Å². The minimum atomic E-state index is -0.120. The normalized spacial score (nSPS) is 17.6. The van der Waals surface area contributed by atoms with Gasteiger partial charge in [-0.1, -0.05) is 33.2 Å². The molecule has 9 heteroatoms. The lowest BCUT2D eigenvalue weighted by atomic mass is 9.82. The van der Waals surface area contributed by atoms with Crippen molar-refractivity contribution in [1.29, 1.82) is 0 Å². The molecule has 0 bridgehead atoms. The summed E-state index contributed by atoms with van der Waals surface area (Å²) in [5.74, 6) is 0.582. The zero-order chi connectivity index (χ0) is 22.7.